The van der Waals surface area contributed by atoms with E-state index in [1.807, 2.05) is 31.4 Å². The van der Waals surface area contributed by atoms with Crippen LogP contribution in [0.1, 0.15) is 27.0 Å². The summed E-state index contributed by atoms with van der Waals surface area (Å²) in [6.45, 7) is 3.67. The molecule has 2 rings (SSSR count). The Morgan fingerprint density at radius 3 is 2.50 bits per heavy atom. The van der Waals surface area contributed by atoms with Gasteiger partial charge in [-0.2, -0.15) is 0 Å². The van der Waals surface area contributed by atoms with Crippen molar-refractivity contribution in [3.63, 3.8) is 0 Å². The minimum atomic E-state index is -0.893. The summed E-state index contributed by atoms with van der Waals surface area (Å²) in [7, 11) is 2.04. The third kappa shape index (κ3) is 3.65. The molecule has 0 aliphatic carbocycles. The van der Waals surface area contributed by atoms with Crippen molar-refractivity contribution in [1.29, 1.82) is 0 Å². The standard InChI is InChI=1S/C16H18N2O2/c1-12-7-8-17-9-15(12)11-18(2)10-13-3-5-14(6-4-13)16(19)20/h3-9H,10-11H2,1-2H3,(H,19,20). The predicted octanol–water partition coefficient (Wildman–Crippen LogP) is 2.72. The first-order valence-electron chi connectivity index (χ1n) is 6.46. The highest BCUT2D eigenvalue weighted by molar-refractivity contribution is 5.87. The molecule has 1 aromatic carbocycles. The molecule has 0 atom stereocenters. The van der Waals surface area contributed by atoms with Crippen molar-refractivity contribution < 1.29 is 9.90 Å². The lowest BCUT2D eigenvalue weighted by Crippen LogP contribution is -2.18. The number of carboxylic acid groups (broad SMARTS) is 1. The predicted molar refractivity (Wildman–Crippen MR) is 77.5 cm³/mol. The molecule has 0 aliphatic rings. The van der Waals surface area contributed by atoms with Crippen LogP contribution in [0.2, 0.25) is 0 Å². The topological polar surface area (TPSA) is 53.4 Å². The van der Waals surface area contributed by atoms with Crippen LogP contribution in [0.15, 0.2) is 42.7 Å². The number of nitrogens with zero attached hydrogens (tertiary/aromatic N) is 2. The first-order valence-corrected chi connectivity index (χ1v) is 6.46. The summed E-state index contributed by atoms with van der Waals surface area (Å²) in [5.74, 6) is -0.893. The van der Waals surface area contributed by atoms with Crippen LogP contribution in [0.4, 0.5) is 0 Å². The van der Waals surface area contributed by atoms with Gasteiger partial charge in [-0.15, -0.1) is 0 Å². The summed E-state index contributed by atoms with van der Waals surface area (Å²) in [5.41, 5.74) is 3.85. The van der Waals surface area contributed by atoms with Gasteiger partial charge in [0.25, 0.3) is 0 Å². The summed E-state index contributed by atoms with van der Waals surface area (Å²) in [6, 6.07) is 9.00. The second kappa shape index (κ2) is 6.30. The Hall–Kier alpha value is -2.20. The zero-order valence-corrected chi connectivity index (χ0v) is 11.7. The number of benzene rings is 1. The molecule has 1 heterocycles. The van der Waals surface area contributed by atoms with Gasteiger partial charge < -0.3 is 5.11 Å². The lowest BCUT2D eigenvalue weighted by molar-refractivity contribution is 0.0697. The molecule has 104 valence electrons. The maximum Gasteiger partial charge on any atom is 0.335 e. The van der Waals surface area contributed by atoms with Gasteiger partial charge in [-0.05, 0) is 48.9 Å². The van der Waals surface area contributed by atoms with E-state index in [0.29, 0.717) is 5.56 Å². The highest BCUT2D eigenvalue weighted by Gasteiger charge is 2.06. The number of aryl methyl sites for hydroxylation is 1. The van der Waals surface area contributed by atoms with E-state index in [-0.39, 0.29) is 0 Å². The van der Waals surface area contributed by atoms with Crippen LogP contribution in [0.25, 0.3) is 0 Å². The molecule has 1 N–H and O–H groups in total. The van der Waals surface area contributed by atoms with Gasteiger partial charge >= 0.3 is 5.97 Å². The van der Waals surface area contributed by atoms with Crippen LogP contribution in [0, 0.1) is 6.92 Å². The second-order valence-corrected chi connectivity index (χ2v) is 4.98. The molecular formula is C16H18N2O2. The zero-order chi connectivity index (χ0) is 14.5. The largest absolute Gasteiger partial charge is 0.478 e. The quantitative estimate of drug-likeness (QED) is 0.907. The Kier molecular flexibility index (Phi) is 4.48. The normalized spacial score (nSPS) is 10.8. The molecule has 0 saturated carbocycles. The fourth-order valence-corrected chi connectivity index (χ4v) is 2.07. The highest BCUT2D eigenvalue weighted by Crippen LogP contribution is 2.11. The van der Waals surface area contributed by atoms with Crippen molar-refractivity contribution in [2.75, 3.05) is 7.05 Å². The fourth-order valence-electron chi connectivity index (χ4n) is 2.07. The van der Waals surface area contributed by atoms with E-state index in [4.69, 9.17) is 5.11 Å². The van der Waals surface area contributed by atoms with Crippen molar-refractivity contribution in [2.45, 2.75) is 20.0 Å². The molecule has 2 aromatic rings. The third-order valence-electron chi connectivity index (χ3n) is 3.24. The van der Waals surface area contributed by atoms with Gasteiger partial charge in [0, 0.05) is 25.5 Å². The van der Waals surface area contributed by atoms with Gasteiger partial charge in [0.05, 0.1) is 5.56 Å². The maximum atomic E-state index is 10.8. The Labute approximate surface area is 118 Å². The van der Waals surface area contributed by atoms with E-state index in [1.165, 1.54) is 11.1 Å². The molecule has 1 aromatic heterocycles. The van der Waals surface area contributed by atoms with Crippen LogP contribution in [0.3, 0.4) is 0 Å². The van der Waals surface area contributed by atoms with Crippen LogP contribution < -0.4 is 0 Å². The van der Waals surface area contributed by atoms with E-state index < -0.39 is 5.97 Å². The Morgan fingerprint density at radius 1 is 1.20 bits per heavy atom. The van der Waals surface area contributed by atoms with Gasteiger partial charge in [-0.25, -0.2) is 4.79 Å². The van der Waals surface area contributed by atoms with Crippen molar-refractivity contribution in [3.05, 3.63) is 65.0 Å². The Bertz CT molecular complexity index is 594. The fraction of sp³-hybridized carbons (Fsp3) is 0.250. The Balaban J connectivity index is 1.99. The third-order valence-corrected chi connectivity index (χ3v) is 3.24. The van der Waals surface area contributed by atoms with Crippen LogP contribution in [-0.2, 0) is 13.1 Å². The molecule has 0 unspecified atom stereocenters. The lowest BCUT2D eigenvalue weighted by Gasteiger charge is -2.17. The molecule has 20 heavy (non-hydrogen) atoms. The number of carboxylic acids is 1. The number of rotatable bonds is 5. The van der Waals surface area contributed by atoms with E-state index in [0.717, 1.165) is 18.7 Å². The SMILES string of the molecule is Cc1ccncc1CN(C)Cc1ccc(C(=O)O)cc1. The number of hydrogen-bond donors (Lipinski definition) is 1. The zero-order valence-electron chi connectivity index (χ0n) is 11.7. The summed E-state index contributed by atoms with van der Waals surface area (Å²) in [5, 5.41) is 8.87. The van der Waals surface area contributed by atoms with Crippen molar-refractivity contribution in [2.24, 2.45) is 0 Å². The molecular weight excluding hydrogens is 252 g/mol. The smallest absolute Gasteiger partial charge is 0.335 e. The van der Waals surface area contributed by atoms with E-state index in [1.54, 1.807) is 18.3 Å². The van der Waals surface area contributed by atoms with Crippen molar-refractivity contribution in [3.8, 4) is 0 Å². The number of aromatic carboxylic acids is 1. The molecule has 0 radical (unpaired) electrons. The molecule has 0 spiro atoms. The molecule has 0 bridgehead atoms. The second-order valence-electron chi connectivity index (χ2n) is 4.98. The van der Waals surface area contributed by atoms with Crippen LogP contribution in [0.5, 0.6) is 0 Å². The number of carbonyl (C=O) groups is 1. The molecule has 0 fully saturated rings. The van der Waals surface area contributed by atoms with Crippen molar-refractivity contribution >= 4 is 5.97 Å². The minimum absolute atomic E-state index is 0.319. The summed E-state index contributed by atoms with van der Waals surface area (Å²) in [4.78, 5) is 17.1. The van der Waals surface area contributed by atoms with Gasteiger partial charge in [-0.1, -0.05) is 12.1 Å². The first kappa shape index (κ1) is 14.2. The summed E-state index contributed by atoms with van der Waals surface area (Å²) in [6.07, 6.45) is 3.68. The number of pyridine rings is 1. The minimum Gasteiger partial charge on any atom is -0.478 e. The van der Waals surface area contributed by atoms with E-state index in [2.05, 4.69) is 16.8 Å². The van der Waals surface area contributed by atoms with Crippen LogP contribution in [-0.4, -0.2) is 28.0 Å². The molecule has 4 heteroatoms. The molecule has 0 amide bonds. The highest BCUT2D eigenvalue weighted by atomic mass is 16.4. The molecule has 4 nitrogen and oxygen atoms in total. The summed E-state index contributed by atoms with van der Waals surface area (Å²) >= 11 is 0. The summed E-state index contributed by atoms with van der Waals surface area (Å²) < 4.78 is 0. The number of hydrogen-bond acceptors (Lipinski definition) is 3. The average molecular weight is 270 g/mol. The van der Waals surface area contributed by atoms with E-state index in [9.17, 15) is 4.79 Å². The van der Waals surface area contributed by atoms with Gasteiger partial charge in [0.2, 0.25) is 0 Å². The molecule has 0 aliphatic heterocycles. The van der Waals surface area contributed by atoms with Gasteiger partial charge in [0.1, 0.15) is 0 Å². The van der Waals surface area contributed by atoms with Gasteiger partial charge in [-0.3, -0.25) is 9.88 Å². The maximum absolute atomic E-state index is 10.8. The van der Waals surface area contributed by atoms with Crippen molar-refractivity contribution in [1.82, 2.24) is 9.88 Å². The monoisotopic (exact) mass is 270 g/mol. The first-order chi connectivity index (χ1) is 9.56. The van der Waals surface area contributed by atoms with Gasteiger partial charge in [0.15, 0.2) is 0 Å². The number of aromatic nitrogens is 1. The Morgan fingerprint density at radius 2 is 1.90 bits per heavy atom. The molecule has 0 saturated heterocycles. The average Bonchev–Trinajstić information content (AvgIpc) is 2.42. The van der Waals surface area contributed by atoms with E-state index >= 15 is 0 Å². The lowest BCUT2D eigenvalue weighted by atomic mass is 10.1. The van der Waals surface area contributed by atoms with Crippen LogP contribution >= 0.6 is 0 Å².